The molecule has 1 N–H and O–H groups in total. The molecule has 6 nitrogen and oxygen atoms in total. The Labute approximate surface area is 181 Å². The second kappa shape index (κ2) is 11.2. The Morgan fingerprint density at radius 2 is 2.00 bits per heavy atom. The molecule has 0 saturated heterocycles. The van der Waals surface area contributed by atoms with E-state index in [1.165, 1.54) is 49.6 Å². The van der Waals surface area contributed by atoms with Gasteiger partial charge in [0, 0.05) is 12.6 Å². The number of thioether (sulfide) groups is 1. The van der Waals surface area contributed by atoms with Crippen LogP contribution in [-0.2, 0) is 11.3 Å². The van der Waals surface area contributed by atoms with Crippen LogP contribution in [0.3, 0.4) is 0 Å². The molecule has 1 aromatic carbocycles. The largest absolute Gasteiger partial charge is 0.483 e. The molecule has 3 rings (SSSR count). The fourth-order valence-corrected chi connectivity index (χ4v) is 4.37. The molecule has 1 atom stereocenters. The molecule has 30 heavy (non-hydrogen) atoms. The topological polar surface area (TPSA) is 69.0 Å². The van der Waals surface area contributed by atoms with Crippen molar-refractivity contribution in [3.63, 3.8) is 0 Å². The summed E-state index contributed by atoms with van der Waals surface area (Å²) in [4.78, 5) is 12.4. The van der Waals surface area contributed by atoms with E-state index >= 15 is 0 Å². The quantitative estimate of drug-likeness (QED) is 0.354. The van der Waals surface area contributed by atoms with Crippen LogP contribution in [0.4, 0.5) is 4.39 Å². The molecule has 1 fully saturated rings. The predicted octanol–water partition coefficient (Wildman–Crippen LogP) is 4.67. The van der Waals surface area contributed by atoms with Crippen LogP contribution in [0.15, 0.2) is 42.1 Å². The van der Waals surface area contributed by atoms with Gasteiger partial charge in [-0.1, -0.05) is 43.5 Å². The van der Waals surface area contributed by atoms with Crippen molar-refractivity contribution in [2.75, 3.05) is 5.75 Å². The average molecular weight is 433 g/mol. The Kier molecular flexibility index (Phi) is 8.30. The summed E-state index contributed by atoms with van der Waals surface area (Å²) in [7, 11) is 0. The minimum absolute atomic E-state index is 0.0252. The standard InChI is InChI=1S/C22H29FN4O2S/c1-3-14-27-21(16(2)29-19-12-10-17(23)11-13-19)25-26-22(27)30-15-20(28)24-18-8-6-4-5-7-9-18/h3,10-13,16,18H,1,4-9,14-15H2,2H3,(H,24,28). The highest BCUT2D eigenvalue weighted by Crippen LogP contribution is 2.25. The van der Waals surface area contributed by atoms with Gasteiger partial charge in [-0.25, -0.2) is 4.39 Å². The number of halogens is 1. The maximum atomic E-state index is 13.1. The van der Waals surface area contributed by atoms with Gasteiger partial charge in [0.15, 0.2) is 17.1 Å². The maximum Gasteiger partial charge on any atom is 0.230 e. The second-order valence-electron chi connectivity index (χ2n) is 7.50. The summed E-state index contributed by atoms with van der Waals surface area (Å²) in [5.74, 6) is 1.18. The van der Waals surface area contributed by atoms with Crippen molar-refractivity contribution >= 4 is 17.7 Å². The fraction of sp³-hybridized carbons (Fsp3) is 0.500. The molecule has 1 unspecified atom stereocenters. The molecule has 2 aromatic rings. The zero-order valence-electron chi connectivity index (χ0n) is 17.3. The molecule has 8 heteroatoms. The lowest BCUT2D eigenvalue weighted by Crippen LogP contribution is -2.35. The molecular weight excluding hydrogens is 403 g/mol. The van der Waals surface area contributed by atoms with Crippen LogP contribution in [0, 0.1) is 5.82 Å². The van der Waals surface area contributed by atoms with Crippen LogP contribution >= 0.6 is 11.8 Å². The smallest absolute Gasteiger partial charge is 0.230 e. The zero-order chi connectivity index (χ0) is 21.3. The van der Waals surface area contributed by atoms with Gasteiger partial charge in [-0.05, 0) is 44.0 Å². The van der Waals surface area contributed by atoms with E-state index in [9.17, 15) is 9.18 Å². The van der Waals surface area contributed by atoms with Gasteiger partial charge in [-0.2, -0.15) is 0 Å². The van der Waals surface area contributed by atoms with Gasteiger partial charge in [0.2, 0.25) is 5.91 Å². The summed E-state index contributed by atoms with van der Waals surface area (Å²) in [6, 6.07) is 6.14. The summed E-state index contributed by atoms with van der Waals surface area (Å²) in [5.41, 5.74) is 0. The number of carbonyl (C=O) groups excluding carboxylic acids is 1. The number of benzene rings is 1. The summed E-state index contributed by atoms with van der Waals surface area (Å²) in [6.45, 7) is 6.17. The van der Waals surface area contributed by atoms with Crippen LogP contribution in [0.2, 0.25) is 0 Å². The SMILES string of the molecule is C=CCn1c(SCC(=O)NC2CCCCCC2)nnc1C(C)Oc1ccc(F)cc1. The van der Waals surface area contributed by atoms with Crippen molar-refractivity contribution in [1.29, 1.82) is 0 Å². The first kappa shape index (κ1) is 22.3. The molecule has 0 spiro atoms. The lowest BCUT2D eigenvalue weighted by atomic mass is 10.1. The van der Waals surface area contributed by atoms with E-state index in [-0.39, 0.29) is 17.8 Å². The van der Waals surface area contributed by atoms with Gasteiger partial charge in [-0.15, -0.1) is 16.8 Å². The lowest BCUT2D eigenvalue weighted by Gasteiger charge is -2.17. The third-order valence-corrected chi connectivity index (χ3v) is 6.07. The highest BCUT2D eigenvalue weighted by Gasteiger charge is 2.21. The van der Waals surface area contributed by atoms with Gasteiger partial charge in [0.1, 0.15) is 11.6 Å². The Balaban J connectivity index is 1.60. The predicted molar refractivity (Wildman–Crippen MR) is 116 cm³/mol. The molecule has 1 aromatic heterocycles. The number of nitrogens with one attached hydrogen (secondary N) is 1. The number of hydrogen-bond acceptors (Lipinski definition) is 5. The fourth-order valence-electron chi connectivity index (χ4n) is 3.60. The van der Waals surface area contributed by atoms with Crippen LogP contribution in [-0.4, -0.2) is 32.5 Å². The van der Waals surface area contributed by atoms with Gasteiger partial charge in [-0.3, -0.25) is 9.36 Å². The number of allylic oxidation sites excluding steroid dienone is 1. The number of hydrogen-bond donors (Lipinski definition) is 1. The first-order valence-electron chi connectivity index (χ1n) is 10.4. The average Bonchev–Trinajstić information content (AvgIpc) is 2.95. The van der Waals surface area contributed by atoms with E-state index in [0.717, 1.165) is 12.8 Å². The van der Waals surface area contributed by atoms with E-state index in [1.807, 2.05) is 11.5 Å². The maximum absolute atomic E-state index is 13.1. The normalized spacial score (nSPS) is 15.9. The van der Waals surface area contributed by atoms with Crippen molar-refractivity contribution in [2.24, 2.45) is 0 Å². The van der Waals surface area contributed by atoms with Crippen LogP contribution < -0.4 is 10.1 Å². The Morgan fingerprint density at radius 3 is 2.67 bits per heavy atom. The monoisotopic (exact) mass is 432 g/mol. The molecule has 1 aliphatic rings. The highest BCUT2D eigenvalue weighted by atomic mass is 32.2. The number of nitrogens with zero attached hydrogens (tertiary/aromatic N) is 3. The third kappa shape index (κ3) is 6.32. The molecule has 0 bridgehead atoms. The molecule has 162 valence electrons. The number of aromatic nitrogens is 3. The van der Waals surface area contributed by atoms with E-state index in [0.29, 0.717) is 29.0 Å². The van der Waals surface area contributed by atoms with E-state index in [1.54, 1.807) is 18.2 Å². The molecule has 0 radical (unpaired) electrons. The number of rotatable bonds is 9. The lowest BCUT2D eigenvalue weighted by molar-refractivity contribution is -0.119. The van der Waals surface area contributed by atoms with Crippen molar-refractivity contribution in [3.8, 4) is 5.75 Å². The summed E-state index contributed by atoms with van der Waals surface area (Å²) in [5, 5.41) is 12.3. The Bertz CT molecular complexity index is 832. The van der Waals surface area contributed by atoms with E-state index in [2.05, 4.69) is 22.1 Å². The number of carbonyl (C=O) groups is 1. The van der Waals surface area contributed by atoms with Gasteiger partial charge in [0.05, 0.1) is 5.75 Å². The van der Waals surface area contributed by atoms with E-state index < -0.39 is 6.10 Å². The van der Waals surface area contributed by atoms with Crippen LogP contribution in [0.5, 0.6) is 5.75 Å². The first-order valence-corrected chi connectivity index (χ1v) is 11.4. The minimum Gasteiger partial charge on any atom is -0.483 e. The Hall–Kier alpha value is -2.35. The van der Waals surface area contributed by atoms with Gasteiger partial charge < -0.3 is 10.1 Å². The molecule has 0 aliphatic heterocycles. The van der Waals surface area contributed by atoms with Crippen molar-refractivity contribution in [1.82, 2.24) is 20.1 Å². The van der Waals surface area contributed by atoms with Crippen molar-refractivity contribution in [3.05, 3.63) is 48.6 Å². The van der Waals surface area contributed by atoms with Gasteiger partial charge >= 0.3 is 0 Å². The molecule has 1 aliphatic carbocycles. The highest BCUT2D eigenvalue weighted by molar-refractivity contribution is 7.99. The summed E-state index contributed by atoms with van der Waals surface area (Å²) < 4.78 is 20.9. The van der Waals surface area contributed by atoms with E-state index in [4.69, 9.17) is 4.74 Å². The number of ether oxygens (including phenoxy) is 1. The van der Waals surface area contributed by atoms with Crippen molar-refractivity contribution < 1.29 is 13.9 Å². The second-order valence-corrected chi connectivity index (χ2v) is 8.44. The number of amides is 1. The molecule has 1 saturated carbocycles. The van der Waals surface area contributed by atoms with Gasteiger partial charge in [0.25, 0.3) is 0 Å². The Morgan fingerprint density at radius 1 is 1.30 bits per heavy atom. The molecular formula is C22H29FN4O2S. The summed E-state index contributed by atoms with van der Waals surface area (Å²) >= 11 is 1.36. The minimum atomic E-state index is -0.392. The van der Waals surface area contributed by atoms with Crippen LogP contribution in [0.1, 0.15) is 57.4 Å². The van der Waals surface area contributed by atoms with Crippen LogP contribution in [0.25, 0.3) is 0 Å². The third-order valence-electron chi connectivity index (χ3n) is 5.10. The van der Waals surface area contributed by atoms with Crippen molar-refractivity contribution in [2.45, 2.75) is 69.3 Å². The molecule has 1 amide bonds. The first-order chi connectivity index (χ1) is 14.6. The summed E-state index contributed by atoms with van der Waals surface area (Å²) in [6.07, 6.45) is 8.36. The zero-order valence-corrected chi connectivity index (χ0v) is 18.2. The molecule has 1 heterocycles.